The lowest BCUT2D eigenvalue weighted by atomic mass is 9.89. The molecular weight excluding hydrogens is 174 g/mol. The minimum atomic E-state index is -0.529. The first-order valence-electron chi connectivity index (χ1n) is 4.73. The standard InChI is InChI=1S/C12H13NO/c1-2-7-12(9-14)11-6-4-3-5-10(11)8-13-12/h2-6,9,13H,1,7-8H2. The molecule has 0 aromatic heterocycles. The summed E-state index contributed by atoms with van der Waals surface area (Å²) in [6.45, 7) is 4.46. The summed E-state index contributed by atoms with van der Waals surface area (Å²) in [6.07, 6.45) is 3.41. The molecule has 72 valence electrons. The molecule has 2 nitrogen and oxygen atoms in total. The van der Waals surface area contributed by atoms with Gasteiger partial charge < -0.3 is 4.79 Å². The van der Waals surface area contributed by atoms with Crippen molar-refractivity contribution in [1.82, 2.24) is 5.32 Å². The topological polar surface area (TPSA) is 29.1 Å². The van der Waals surface area contributed by atoms with Gasteiger partial charge in [-0.3, -0.25) is 5.32 Å². The summed E-state index contributed by atoms with van der Waals surface area (Å²) >= 11 is 0. The van der Waals surface area contributed by atoms with Gasteiger partial charge in [0.25, 0.3) is 0 Å². The van der Waals surface area contributed by atoms with Crippen molar-refractivity contribution in [2.75, 3.05) is 0 Å². The molecule has 1 unspecified atom stereocenters. The van der Waals surface area contributed by atoms with Crippen molar-refractivity contribution in [2.24, 2.45) is 0 Å². The molecular formula is C12H13NO. The van der Waals surface area contributed by atoms with Crippen LogP contribution in [-0.4, -0.2) is 6.29 Å². The van der Waals surface area contributed by atoms with Gasteiger partial charge >= 0.3 is 0 Å². The van der Waals surface area contributed by atoms with E-state index in [4.69, 9.17) is 0 Å². The fourth-order valence-corrected chi connectivity index (χ4v) is 2.02. The van der Waals surface area contributed by atoms with E-state index in [1.54, 1.807) is 6.08 Å². The third kappa shape index (κ3) is 1.19. The van der Waals surface area contributed by atoms with E-state index in [1.807, 2.05) is 18.2 Å². The largest absolute Gasteiger partial charge is 0.301 e. The minimum absolute atomic E-state index is 0.529. The highest BCUT2D eigenvalue weighted by molar-refractivity contribution is 5.71. The molecule has 2 rings (SSSR count). The molecule has 0 spiro atoms. The molecule has 1 atom stereocenters. The van der Waals surface area contributed by atoms with Crippen LogP contribution >= 0.6 is 0 Å². The minimum Gasteiger partial charge on any atom is -0.301 e. The smallest absolute Gasteiger partial charge is 0.144 e. The highest BCUT2D eigenvalue weighted by Gasteiger charge is 2.36. The number of carbonyl (C=O) groups is 1. The summed E-state index contributed by atoms with van der Waals surface area (Å²) in [6, 6.07) is 8.02. The maximum absolute atomic E-state index is 11.2. The van der Waals surface area contributed by atoms with E-state index in [0.717, 1.165) is 18.4 Å². The third-order valence-corrected chi connectivity index (χ3v) is 2.76. The van der Waals surface area contributed by atoms with Crippen LogP contribution in [0.15, 0.2) is 36.9 Å². The van der Waals surface area contributed by atoms with Crippen molar-refractivity contribution < 1.29 is 4.79 Å². The van der Waals surface area contributed by atoms with Crippen molar-refractivity contribution >= 4 is 6.29 Å². The Morgan fingerprint density at radius 2 is 2.29 bits per heavy atom. The number of fused-ring (bicyclic) bond motifs is 1. The summed E-state index contributed by atoms with van der Waals surface area (Å²) in [7, 11) is 0. The number of rotatable bonds is 3. The molecule has 1 aromatic rings. The van der Waals surface area contributed by atoms with E-state index >= 15 is 0 Å². The van der Waals surface area contributed by atoms with Gasteiger partial charge in [-0.1, -0.05) is 30.3 Å². The van der Waals surface area contributed by atoms with E-state index in [9.17, 15) is 4.79 Å². The normalized spacial score (nSPS) is 24.3. The molecule has 0 saturated heterocycles. The SMILES string of the molecule is C=CCC1(C=O)NCc2ccccc21. The monoisotopic (exact) mass is 187 g/mol. The number of hydrogen-bond donors (Lipinski definition) is 1. The van der Waals surface area contributed by atoms with Crippen LogP contribution < -0.4 is 5.32 Å². The van der Waals surface area contributed by atoms with Crippen LogP contribution in [0.25, 0.3) is 0 Å². The Hall–Kier alpha value is -1.41. The van der Waals surface area contributed by atoms with Crippen LogP contribution in [0.5, 0.6) is 0 Å². The van der Waals surface area contributed by atoms with Crippen molar-refractivity contribution in [3.63, 3.8) is 0 Å². The predicted molar refractivity (Wildman–Crippen MR) is 55.8 cm³/mol. The zero-order chi connectivity index (χ0) is 10.0. The molecule has 1 heterocycles. The van der Waals surface area contributed by atoms with Gasteiger partial charge in [-0.15, -0.1) is 6.58 Å². The summed E-state index contributed by atoms with van der Waals surface area (Å²) in [5, 5.41) is 3.25. The molecule has 0 saturated carbocycles. The molecule has 0 radical (unpaired) electrons. The fraction of sp³-hybridized carbons (Fsp3) is 0.250. The Balaban J connectivity index is 2.49. The van der Waals surface area contributed by atoms with Gasteiger partial charge in [0, 0.05) is 6.54 Å². The Labute approximate surface area is 83.6 Å². The molecule has 1 N–H and O–H groups in total. The van der Waals surface area contributed by atoms with Gasteiger partial charge in [0.15, 0.2) is 0 Å². The van der Waals surface area contributed by atoms with Gasteiger partial charge in [-0.2, -0.15) is 0 Å². The molecule has 1 aliphatic rings. The Morgan fingerprint density at radius 1 is 1.50 bits per heavy atom. The first-order chi connectivity index (χ1) is 6.82. The van der Waals surface area contributed by atoms with Gasteiger partial charge in [0.1, 0.15) is 11.8 Å². The lowest BCUT2D eigenvalue weighted by Crippen LogP contribution is -2.37. The van der Waals surface area contributed by atoms with Crippen molar-refractivity contribution in [1.29, 1.82) is 0 Å². The summed E-state index contributed by atoms with van der Waals surface area (Å²) in [5.41, 5.74) is 1.77. The fourth-order valence-electron chi connectivity index (χ4n) is 2.02. The van der Waals surface area contributed by atoms with Gasteiger partial charge in [0.2, 0.25) is 0 Å². The van der Waals surface area contributed by atoms with Crippen molar-refractivity contribution in [3.8, 4) is 0 Å². The van der Waals surface area contributed by atoms with E-state index in [0.29, 0.717) is 6.42 Å². The Kier molecular flexibility index (Phi) is 2.22. The van der Waals surface area contributed by atoms with E-state index in [2.05, 4.69) is 18.0 Å². The van der Waals surface area contributed by atoms with Crippen molar-refractivity contribution in [3.05, 3.63) is 48.0 Å². The zero-order valence-corrected chi connectivity index (χ0v) is 7.99. The second kappa shape index (κ2) is 3.39. The lowest BCUT2D eigenvalue weighted by Gasteiger charge is -2.22. The van der Waals surface area contributed by atoms with E-state index in [1.165, 1.54) is 5.56 Å². The van der Waals surface area contributed by atoms with Crippen LogP contribution in [0.4, 0.5) is 0 Å². The first-order valence-corrected chi connectivity index (χ1v) is 4.73. The van der Waals surface area contributed by atoms with Crippen LogP contribution in [0.2, 0.25) is 0 Å². The summed E-state index contributed by atoms with van der Waals surface area (Å²) in [5.74, 6) is 0. The molecule has 0 aliphatic carbocycles. The van der Waals surface area contributed by atoms with Gasteiger partial charge in [-0.25, -0.2) is 0 Å². The van der Waals surface area contributed by atoms with Crippen LogP contribution in [-0.2, 0) is 16.9 Å². The van der Waals surface area contributed by atoms with Crippen molar-refractivity contribution in [2.45, 2.75) is 18.5 Å². The summed E-state index contributed by atoms with van der Waals surface area (Å²) < 4.78 is 0. The van der Waals surface area contributed by atoms with Crippen LogP contribution in [0.1, 0.15) is 17.5 Å². The Bertz CT molecular complexity index is 372. The van der Waals surface area contributed by atoms with E-state index in [-0.39, 0.29) is 0 Å². The predicted octanol–water partition coefficient (Wildman–Crippen LogP) is 1.76. The maximum atomic E-state index is 11.2. The summed E-state index contributed by atoms with van der Waals surface area (Å²) in [4.78, 5) is 11.2. The number of nitrogens with one attached hydrogen (secondary N) is 1. The second-order valence-corrected chi connectivity index (χ2v) is 3.59. The quantitative estimate of drug-likeness (QED) is 0.577. The molecule has 1 aliphatic heterocycles. The van der Waals surface area contributed by atoms with Crippen LogP contribution in [0, 0.1) is 0 Å². The van der Waals surface area contributed by atoms with Gasteiger partial charge in [0.05, 0.1) is 0 Å². The number of aldehydes is 1. The van der Waals surface area contributed by atoms with E-state index < -0.39 is 5.54 Å². The molecule has 1 aromatic carbocycles. The number of benzene rings is 1. The molecule has 2 heteroatoms. The molecule has 14 heavy (non-hydrogen) atoms. The highest BCUT2D eigenvalue weighted by atomic mass is 16.1. The highest BCUT2D eigenvalue weighted by Crippen LogP contribution is 2.32. The molecule has 0 bridgehead atoms. The van der Waals surface area contributed by atoms with Gasteiger partial charge in [-0.05, 0) is 17.5 Å². The molecule has 0 fully saturated rings. The third-order valence-electron chi connectivity index (χ3n) is 2.76. The second-order valence-electron chi connectivity index (χ2n) is 3.59. The first kappa shape index (κ1) is 9.16. The number of carbonyl (C=O) groups excluding carboxylic acids is 1. The maximum Gasteiger partial charge on any atom is 0.144 e. The zero-order valence-electron chi connectivity index (χ0n) is 7.99. The molecule has 0 amide bonds. The average Bonchev–Trinajstić information content (AvgIpc) is 2.59. The average molecular weight is 187 g/mol. The van der Waals surface area contributed by atoms with Crippen LogP contribution in [0.3, 0.4) is 0 Å². The number of hydrogen-bond acceptors (Lipinski definition) is 2. The lowest BCUT2D eigenvalue weighted by molar-refractivity contribution is -0.113. The Morgan fingerprint density at radius 3 is 3.00 bits per heavy atom.